The van der Waals surface area contributed by atoms with Gasteiger partial charge in [-0.05, 0) is 79.2 Å². The molecule has 0 aromatic heterocycles. The SMILES string of the molecule is C=CCCC(C)(C=CCCOC(=O)c1ccccc1)CC(C)(C)C(NC(=O)C1=CC=CC(C)C(CCCC)=C=C1)C(=O)O. The summed E-state index contributed by atoms with van der Waals surface area (Å²) in [6, 6.07) is 7.74. The lowest BCUT2D eigenvalue weighted by Crippen LogP contribution is -2.51. The molecule has 0 spiro atoms. The summed E-state index contributed by atoms with van der Waals surface area (Å²) in [7, 11) is 0. The molecule has 1 aliphatic rings. The Bertz CT molecular complexity index is 1260. The molecule has 3 unspecified atom stereocenters. The monoisotopic (exact) mass is 587 g/mol. The highest BCUT2D eigenvalue weighted by atomic mass is 16.5. The average Bonchev–Trinajstić information content (AvgIpc) is 2.96. The summed E-state index contributed by atoms with van der Waals surface area (Å²) in [6.45, 7) is 14.2. The second kappa shape index (κ2) is 17.3. The molecule has 6 heteroatoms. The quantitative estimate of drug-likeness (QED) is 0.0830. The second-order valence-corrected chi connectivity index (χ2v) is 12.3. The molecule has 0 aliphatic heterocycles. The lowest BCUT2D eigenvalue weighted by molar-refractivity contribution is -0.145. The summed E-state index contributed by atoms with van der Waals surface area (Å²) in [5, 5.41) is 13.0. The summed E-state index contributed by atoms with van der Waals surface area (Å²) in [5.74, 6) is -1.66. The van der Waals surface area contributed by atoms with Crippen molar-refractivity contribution in [3.8, 4) is 0 Å². The number of benzene rings is 1. The minimum atomic E-state index is -1.12. The van der Waals surface area contributed by atoms with E-state index >= 15 is 0 Å². The Labute approximate surface area is 258 Å². The fraction of sp³-hybridized carbons (Fsp3) is 0.459. The predicted octanol–water partition coefficient (Wildman–Crippen LogP) is 8.15. The predicted molar refractivity (Wildman–Crippen MR) is 173 cm³/mol. The number of amides is 1. The van der Waals surface area contributed by atoms with Gasteiger partial charge in [0.1, 0.15) is 6.04 Å². The van der Waals surface area contributed by atoms with Gasteiger partial charge in [0.2, 0.25) is 0 Å². The van der Waals surface area contributed by atoms with Crippen molar-refractivity contribution in [3.05, 3.63) is 102 Å². The number of aliphatic carboxylic acids is 1. The van der Waals surface area contributed by atoms with Crippen LogP contribution in [0.2, 0.25) is 0 Å². The Morgan fingerprint density at radius 1 is 1.16 bits per heavy atom. The molecule has 0 fully saturated rings. The van der Waals surface area contributed by atoms with Crippen molar-refractivity contribution in [1.29, 1.82) is 0 Å². The molecular formula is C37H49NO5. The van der Waals surface area contributed by atoms with E-state index in [1.54, 1.807) is 36.4 Å². The van der Waals surface area contributed by atoms with Gasteiger partial charge in [0.15, 0.2) is 0 Å². The van der Waals surface area contributed by atoms with Crippen LogP contribution in [0.25, 0.3) is 0 Å². The number of carbonyl (C=O) groups excluding carboxylic acids is 2. The molecule has 0 bridgehead atoms. The summed E-state index contributed by atoms with van der Waals surface area (Å²) in [6.07, 6.45) is 18.7. The second-order valence-electron chi connectivity index (χ2n) is 12.3. The minimum absolute atomic E-state index is 0.228. The molecule has 0 saturated heterocycles. The Balaban J connectivity index is 2.15. The number of ether oxygens (including phenoxy) is 1. The van der Waals surface area contributed by atoms with Crippen molar-refractivity contribution in [1.82, 2.24) is 5.32 Å². The van der Waals surface area contributed by atoms with E-state index in [2.05, 4.69) is 44.5 Å². The molecule has 1 aromatic carbocycles. The van der Waals surface area contributed by atoms with Crippen LogP contribution in [0, 0.1) is 16.7 Å². The standard InChI is InChI=1S/C37H49NO5/c1-7-9-18-29-22-23-30(21-16-17-28(29)3)33(39)38-32(34(40)41)36(4,5)27-37(6,24-10-8-2)25-14-15-26-43-35(42)31-19-12-11-13-20-31/h8,11-14,16-17,19-21,23,25,28,32H,2,7,9-10,15,18,24,26-27H2,1,3-6H3,(H,38,39)(H,40,41). The van der Waals surface area contributed by atoms with Gasteiger partial charge in [-0.25, -0.2) is 9.59 Å². The zero-order chi connectivity index (χ0) is 31.9. The zero-order valence-corrected chi connectivity index (χ0v) is 26.5. The molecule has 2 N–H and O–H groups in total. The fourth-order valence-electron chi connectivity index (χ4n) is 5.46. The number of hydrogen-bond donors (Lipinski definition) is 2. The number of esters is 1. The van der Waals surface area contributed by atoms with Crippen LogP contribution in [-0.2, 0) is 14.3 Å². The topological polar surface area (TPSA) is 92.7 Å². The first-order valence-electron chi connectivity index (χ1n) is 15.3. The summed E-state index contributed by atoms with van der Waals surface area (Å²) in [5.41, 5.74) is 4.15. The molecule has 0 radical (unpaired) electrons. The maximum absolute atomic E-state index is 13.3. The Morgan fingerprint density at radius 2 is 1.88 bits per heavy atom. The molecule has 0 heterocycles. The highest BCUT2D eigenvalue weighted by Gasteiger charge is 2.41. The van der Waals surface area contributed by atoms with Crippen LogP contribution < -0.4 is 5.32 Å². The van der Waals surface area contributed by atoms with Gasteiger partial charge >= 0.3 is 11.9 Å². The van der Waals surface area contributed by atoms with Crippen molar-refractivity contribution < 1.29 is 24.2 Å². The van der Waals surface area contributed by atoms with E-state index in [-0.39, 0.29) is 23.9 Å². The van der Waals surface area contributed by atoms with Crippen LogP contribution in [0.3, 0.4) is 0 Å². The Kier molecular flexibility index (Phi) is 14.2. The Hall–Kier alpha value is -3.89. The highest BCUT2D eigenvalue weighted by Crippen LogP contribution is 2.41. The van der Waals surface area contributed by atoms with E-state index in [1.165, 1.54) is 0 Å². The number of allylic oxidation sites excluding steroid dienone is 5. The van der Waals surface area contributed by atoms with Crippen molar-refractivity contribution in [3.63, 3.8) is 0 Å². The first-order chi connectivity index (χ1) is 20.4. The van der Waals surface area contributed by atoms with Crippen LogP contribution in [0.5, 0.6) is 0 Å². The third-order valence-electron chi connectivity index (χ3n) is 7.83. The Morgan fingerprint density at radius 3 is 2.53 bits per heavy atom. The zero-order valence-electron chi connectivity index (χ0n) is 26.5. The van der Waals surface area contributed by atoms with Crippen molar-refractivity contribution in [2.75, 3.05) is 6.61 Å². The van der Waals surface area contributed by atoms with E-state index in [0.717, 1.165) is 37.7 Å². The van der Waals surface area contributed by atoms with Gasteiger partial charge in [-0.15, -0.1) is 12.3 Å². The van der Waals surface area contributed by atoms with E-state index in [9.17, 15) is 19.5 Å². The van der Waals surface area contributed by atoms with Gasteiger partial charge in [-0.3, -0.25) is 4.79 Å². The van der Waals surface area contributed by atoms with Crippen LogP contribution >= 0.6 is 0 Å². The van der Waals surface area contributed by atoms with Gasteiger partial charge in [0.05, 0.1) is 12.2 Å². The number of hydrogen-bond acceptors (Lipinski definition) is 4. The summed E-state index contributed by atoms with van der Waals surface area (Å²) < 4.78 is 5.39. The summed E-state index contributed by atoms with van der Waals surface area (Å²) >= 11 is 0. The van der Waals surface area contributed by atoms with Crippen LogP contribution in [0.15, 0.2) is 96.3 Å². The van der Waals surface area contributed by atoms with Gasteiger partial charge in [-0.2, -0.15) is 0 Å². The lowest BCUT2D eigenvalue weighted by atomic mass is 9.68. The molecule has 3 atom stereocenters. The lowest BCUT2D eigenvalue weighted by Gasteiger charge is -2.39. The molecule has 6 nitrogen and oxygen atoms in total. The smallest absolute Gasteiger partial charge is 0.338 e. The van der Waals surface area contributed by atoms with Gasteiger partial charge in [-0.1, -0.05) is 89.6 Å². The van der Waals surface area contributed by atoms with Crippen LogP contribution in [0.4, 0.5) is 0 Å². The third-order valence-corrected chi connectivity index (χ3v) is 7.83. The largest absolute Gasteiger partial charge is 0.480 e. The minimum Gasteiger partial charge on any atom is -0.480 e. The summed E-state index contributed by atoms with van der Waals surface area (Å²) in [4.78, 5) is 38.1. The van der Waals surface area contributed by atoms with Gasteiger partial charge in [0, 0.05) is 11.5 Å². The van der Waals surface area contributed by atoms with E-state index in [0.29, 0.717) is 24.0 Å². The first kappa shape index (κ1) is 35.3. The maximum atomic E-state index is 13.3. The molecule has 1 amide bonds. The van der Waals surface area contributed by atoms with E-state index < -0.39 is 23.3 Å². The number of unbranched alkanes of at least 4 members (excludes halogenated alkanes) is 1. The molecule has 0 saturated carbocycles. The van der Waals surface area contributed by atoms with Crippen molar-refractivity contribution in [2.45, 2.75) is 85.6 Å². The van der Waals surface area contributed by atoms with Gasteiger partial charge in [0.25, 0.3) is 5.91 Å². The molecule has 43 heavy (non-hydrogen) atoms. The highest BCUT2D eigenvalue weighted by molar-refractivity contribution is 5.98. The normalized spacial score (nSPS) is 17.2. The number of carboxylic acids is 1. The molecule has 2 rings (SSSR count). The van der Waals surface area contributed by atoms with Crippen LogP contribution in [0.1, 0.15) is 89.9 Å². The number of rotatable bonds is 17. The molecule has 1 aliphatic carbocycles. The van der Waals surface area contributed by atoms with Gasteiger partial charge < -0.3 is 15.2 Å². The molecular weight excluding hydrogens is 538 g/mol. The van der Waals surface area contributed by atoms with Crippen LogP contribution in [-0.4, -0.2) is 35.6 Å². The number of carboxylic acid groups (broad SMARTS) is 1. The van der Waals surface area contributed by atoms with E-state index in [1.807, 2.05) is 44.2 Å². The first-order valence-corrected chi connectivity index (χ1v) is 15.3. The van der Waals surface area contributed by atoms with Crippen molar-refractivity contribution >= 4 is 17.8 Å². The number of nitrogens with one attached hydrogen (secondary N) is 1. The number of carbonyl (C=O) groups is 3. The molecule has 1 aromatic rings. The third kappa shape index (κ3) is 11.7. The fourth-order valence-corrected chi connectivity index (χ4v) is 5.46. The average molecular weight is 588 g/mol. The maximum Gasteiger partial charge on any atom is 0.338 e. The van der Waals surface area contributed by atoms with Crippen molar-refractivity contribution in [2.24, 2.45) is 16.7 Å². The van der Waals surface area contributed by atoms with E-state index in [4.69, 9.17) is 4.74 Å². The molecule has 232 valence electrons.